The van der Waals surface area contributed by atoms with Gasteiger partial charge in [0.25, 0.3) is 5.17 Å². The summed E-state index contributed by atoms with van der Waals surface area (Å²) >= 11 is 4.78. The predicted octanol–water partition coefficient (Wildman–Crippen LogP) is 2.33. The summed E-state index contributed by atoms with van der Waals surface area (Å²) in [6.45, 7) is 0. The smallest absolute Gasteiger partial charge is 0.263 e. The number of hydrogen-bond donors (Lipinski definition) is 0. The first-order valence-electron chi connectivity index (χ1n) is 3.83. The van der Waals surface area contributed by atoms with E-state index in [0.717, 1.165) is 18.2 Å². The predicted molar refractivity (Wildman–Crippen MR) is 54.4 cm³/mol. The number of rotatable bonds is 1. The summed E-state index contributed by atoms with van der Waals surface area (Å²) in [5, 5.41) is 0.0782. The number of nitrogens with zero attached hydrogens (tertiary/aromatic N) is 1. The van der Waals surface area contributed by atoms with Crippen molar-refractivity contribution in [3.05, 3.63) is 29.8 Å². The highest BCUT2D eigenvalue weighted by atomic mass is 32.1. The highest BCUT2D eigenvalue weighted by Gasteiger charge is 2.12. The van der Waals surface area contributed by atoms with E-state index in [2.05, 4.69) is 0 Å². The second kappa shape index (κ2) is 4.32. The summed E-state index contributed by atoms with van der Waals surface area (Å²) in [6, 6.07) is 3.14. The first-order valence-corrected chi connectivity index (χ1v) is 4.24. The molecular weight excluding hydrogens is 208 g/mol. The number of ether oxygens (including phenoxy) is 1. The zero-order valence-electron chi connectivity index (χ0n) is 7.75. The molecule has 1 aromatic rings. The number of hydrogen-bond acceptors (Lipinski definition) is 2. The molecule has 0 bridgehead atoms. The molecule has 14 heavy (non-hydrogen) atoms. The topological polar surface area (TPSA) is 12.5 Å². The lowest BCUT2D eigenvalue weighted by Crippen LogP contribution is -2.26. The van der Waals surface area contributed by atoms with E-state index in [9.17, 15) is 8.78 Å². The monoisotopic (exact) mass is 217 g/mol. The van der Waals surface area contributed by atoms with Crippen LogP contribution in [0.5, 0.6) is 0 Å². The molecule has 0 atom stereocenters. The molecule has 0 unspecified atom stereocenters. The first-order chi connectivity index (χ1) is 6.56. The molecule has 5 heteroatoms. The van der Waals surface area contributed by atoms with Gasteiger partial charge in [0.2, 0.25) is 0 Å². The average molecular weight is 217 g/mol. The second-order valence-electron chi connectivity index (χ2n) is 2.62. The van der Waals surface area contributed by atoms with Crippen LogP contribution in [0.25, 0.3) is 0 Å². The lowest BCUT2D eigenvalue weighted by Gasteiger charge is -2.18. The van der Waals surface area contributed by atoms with E-state index in [1.165, 1.54) is 19.1 Å². The standard InChI is InChI=1S/C9H9F2NOS/c1-12(9(14)13-2)8-5-6(10)3-4-7(8)11/h3-5H,1-2H3. The number of thiocarbonyl (C=S) groups is 1. The molecule has 1 rings (SSSR count). The summed E-state index contributed by atoms with van der Waals surface area (Å²) in [4.78, 5) is 1.26. The Kier molecular flexibility index (Phi) is 3.35. The Hall–Kier alpha value is -1.23. The Bertz CT molecular complexity index is 357. The van der Waals surface area contributed by atoms with Crippen LogP contribution in [0, 0.1) is 11.6 Å². The van der Waals surface area contributed by atoms with E-state index in [1.807, 2.05) is 0 Å². The molecule has 0 fully saturated rings. The molecule has 0 heterocycles. The number of methoxy groups -OCH3 is 1. The molecular formula is C9H9F2NOS. The van der Waals surface area contributed by atoms with Crippen LogP contribution in [-0.2, 0) is 4.74 Å². The van der Waals surface area contributed by atoms with Gasteiger partial charge in [-0.05, 0) is 24.4 Å². The summed E-state index contributed by atoms with van der Waals surface area (Å²) in [7, 11) is 2.87. The maximum atomic E-state index is 13.2. The van der Waals surface area contributed by atoms with E-state index in [1.54, 1.807) is 0 Å². The van der Waals surface area contributed by atoms with E-state index in [-0.39, 0.29) is 10.9 Å². The lowest BCUT2D eigenvalue weighted by molar-refractivity contribution is 0.404. The molecule has 0 amide bonds. The maximum absolute atomic E-state index is 13.2. The molecule has 0 aliphatic rings. The van der Waals surface area contributed by atoms with Gasteiger partial charge in [-0.2, -0.15) is 0 Å². The summed E-state index contributed by atoms with van der Waals surface area (Å²) in [6.07, 6.45) is 0. The normalized spacial score (nSPS) is 9.71. The third-order valence-electron chi connectivity index (χ3n) is 1.72. The summed E-state index contributed by atoms with van der Waals surface area (Å²) < 4.78 is 30.7. The Balaban J connectivity index is 3.05. The minimum absolute atomic E-state index is 0.0526. The fraction of sp³-hybridized carbons (Fsp3) is 0.222. The zero-order valence-corrected chi connectivity index (χ0v) is 8.57. The molecule has 0 saturated heterocycles. The van der Waals surface area contributed by atoms with Gasteiger partial charge in [0, 0.05) is 13.1 Å². The maximum Gasteiger partial charge on any atom is 0.263 e. The second-order valence-corrected chi connectivity index (χ2v) is 2.97. The van der Waals surface area contributed by atoms with Crippen LogP contribution in [0.3, 0.4) is 0 Å². The van der Waals surface area contributed by atoms with Crippen molar-refractivity contribution in [2.45, 2.75) is 0 Å². The van der Waals surface area contributed by atoms with Crippen LogP contribution in [-0.4, -0.2) is 19.3 Å². The zero-order chi connectivity index (χ0) is 10.7. The molecule has 1 aromatic carbocycles. The highest BCUT2D eigenvalue weighted by Crippen LogP contribution is 2.19. The molecule has 0 saturated carbocycles. The molecule has 0 aliphatic carbocycles. The fourth-order valence-electron chi connectivity index (χ4n) is 0.978. The number of anilines is 1. The van der Waals surface area contributed by atoms with Crippen molar-refractivity contribution >= 4 is 23.1 Å². The van der Waals surface area contributed by atoms with Gasteiger partial charge in [-0.25, -0.2) is 8.78 Å². The van der Waals surface area contributed by atoms with Crippen molar-refractivity contribution in [3.63, 3.8) is 0 Å². The lowest BCUT2D eigenvalue weighted by atomic mass is 10.3. The Morgan fingerprint density at radius 2 is 2.07 bits per heavy atom. The van der Waals surface area contributed by atoms with Crippen molar-refractivity contribution in [1.29, 1.82) is 0 Å². The Morgan fingerprint density at radius 1 is 1.43 bits per heavy atom. The van der Waals surface area contributed by atoms with Crippen LogP contribution in [0.1, 0.15) is 0 Å². The SMILES string of the molecule is COC(=S)N(C)c1cc(F)ccc1F. The minimum Gasteiger partial charge on any atom is -0.474 e. The summed E-state index contributed by atoms with van der Waals surface area (Å²) in [5.74, 6) is -1.07. The number of benzene rings is 1. The van der Waals surface area contributed by atoms with Gasteiger partial charge in [-0.15, -0.1) is 0 Å². The molecule has 0 aliphatic heterocycles. The first kappa shape index (κ1) is 10.8. The van der Waals surface area contributed by atoms with Crippen molar-refractivity contribution in [2.24, 2.45) is 0 Å². The third kappa shape index (κ3) is 2.17. The van der Waals surface area contributed by atoms with Gasteiger partial charge in [-0.1, -0.05) is 0 Å². The van der Waals surface area contributed by atoms with E-state index in [4.69, 9.17) is 17.0 Å². The molecule has 2 nitrogen and oxygen atoms in total. The fourth-order valence-corrected chi connectivity index (χ4v) is 1.08. The Morgan fingerprint density at radius 3 is 2.64 bits per heavy atom. The van der Waals surface area contributed by atoms with Crippen LogP contribution in [0.15, 0.2) is 18.2 Å². The van der Waals surface area contributed by atoms with Gasteiger partial charge in [0.05, 0.1) is 12.8 Å². The minimum atomic E-state index is -0.548. The van der Waals surface area contributed by atoms with E-state index < -0.39 is 11.6 Å². The summed E-state index contributed by atoms with van der Waals surface area (Å²) in [5.41, 5.74) is 0.0526. The molecule has 0 aromatic heterocycles. The van der Waals surface area contributed by atoms with Gasteiger partial charge >= 0.3 is 0 Å². The van der Waals surface area contributed by atoms with Gasteiger partial charge in [0.1, 0.15) is 11.6 Å². The van der Waals surface area contributed by atoms with Crippen LogP contribution >= 0.6 is 12.2 Å². The molecule has 76 valence electrons. The van der Waals surface area contributed by atoms with Crippen molar-refractivity contribution in [2.75, 3.05) is 19.1 Å². The van der Waals surface area contributed by atoms with E-state index in [0.29, 0.717) is 0 Å². The average Bonchev–Trinajstić information content (AvgIpc) is 2.19. The molecule has 0 radical (unpaired) electrons. The quantitative estimate of drug-likeness (QED) is 0.670. The molecule has 0 spiro atoms. The van der Waals surface area contributed by atoms with Gasteiger partial charge in [-0.3, -0.25) is 0 Å². The largest absolute Gasteiger partial charge is 0.474 e. The van der Waals surface area contributed by atoms with Crippen molar-refractivity contribution in [3.8, 4) is 0 Å². The van der Waals surface area contributed by atoms with Crippen molar-refractivity contribution < 1.29 is 13.5 Å². The van der Waals surface area contributed by atoms with Gasteiger partial charge < -0.3 is 9.64 Å². The number of halogens is 2. The third-order valence-corrected chi connectivity index (χ3v) is 2.16. The van der Waals surface area contributed by atoms with Crippen LogP contribution in [0.2, 0.25) is 0 Å². The van der Waals surface area contributed by atoms with Crippen molar-refractivity contribution in [1.82, 2.24) is 0 Å². The molecule has 0 N–H and O–H groups in total. The Labute approximate surface area is 86.1 Å². The highest BCUT2D eigenvalue weighted by molar-refractivity contribution is 7.80. The van der Waals surface area contributed by atoms with Gasteiger partial charge in [0.15, 0.2) is 0 Å². The van der Waals surface area contributed by atoms with Crippen LogP contribution < -0.4 is 4.90 Å². The van der Waals surface area contributed by atoms with E-state index >= 15 is 0 Å². The van der Waals surface area contributed by atoms with Crippen LogP contribution in [0.4, 0.5) is 14.5 Å².